The molecule has 0 amide bonds. The highest BCUT2D eigenvalue weighted by Gasteiger charge is 2.36. The summed E-state index contributed by atoms with van der Waals surface area (Å²) in [6.07, 6.45) is 1.85. The van der Waals surface area contributed by atoms with Crippen LogP contribution in [0.3, 0.4) is 0 Å². The largest absolute Gasteiger partial charge is 0.504 e. The molecule has 0 fully saturated rings. The predicted molar refractivity (Wildman–Crippen MR) is 106 cm³/mol. The average molecular weight is 422 g/mol. The summed E-state index contributed by atoms with van der Waals surface area (Å²) in [5.74, 6) is 2.14. The minimum Gasteiger partial charge on any atom is -0.504 e. The SMILES string of the molecule is Br.COc1cc2c(cc1O)C[C@H]1c3c(cc(OC)c(OC)c3-2)CCN1C. The molecule has 1 aliphatic heterocycles. The van der Waals surface area contributed by atoms with E-state index in [1.165, 1.54) is 11.1 Å². The first-order chi connectivity index (χ1) is 12.1. The zero-order chi connectivity index (χ0) is 17.7. The van der Waals surface area contributed by atoms with Gasteiger partial charge in [-0.15, -0.1) is 17.0 Å². The number of likely N-dealkylation sites (N-methyl/N-ethyl adjacent to an activating group) is 1. The number of ether oxygens (including phenoxy) is 3. The molecule has 0 saturated carbocycles. The molecule has 1 N–H and O–H groups in total. The highest BCUT2D eigenvalue weighted by molar-refractivity contribution is 8.93. The maximum absolute atomic E-state index is 10.2. The fraction of sp³-hybridized carbons (Fsp3) is 0.400. The molecule has 4 rings (SSSR count). The Morgan fingerprint density at radius 1 is 1.00 bits per heavy atom. The molecule has 0 saturated heterocycles. The fourth-order valence-electron chi connectivity index (χ4n) is 4.23. The lowest BCUT2D eigenvalue weighted by Crippen LogP contribution is -2.35. The van der Waals surface area contributed by atoms with E-state index in [-0.39, 0.29) is 28.8 Å². The summed E-state index contributed by atoms with van der Waals surface area (Å²) in [6, 6.07) is 6.12. The number of fused-ring (bicyclic) bond motifs is 2. The summed E-state index contributed by atoms with van der Waals surface area (Å²) >= 11 is 0. The summed E-state index contributed by atoms with van der Waals surface area (Å²) in [4.78, 5) is 2.38. The van der Waals surface area contributed by atoms with Gasteiger partial charge in [-0.2, -0.15) is 0 Å². The molecule has 26 heavy (non-hydrogen) atoms. The van der Waals surface area contributed by atoms with Gasteiger partial charge < -0.3 is 19.3 Å². The van der Waals surface area contributed by atoms with Crippen molar-refractivity contribution < 1.29 is 19.3 Å². The van der Waals surface area contributed by atoms with Crippen molar-refractivity contribution in [3.8, 4) is 34.1 Å². The third-order valence-electron chi connectivity index (χ3n) is 5.48. The maximum atomic E-state index is 10.2. The predicted octanol–water partition coefficient (Wildman–Crippen LogP) is 3.75. The van der Waals surface area contributed by atoms with E-state index in [4.69, 9.17) is 14.2 Å². The van der Waals surface area contributed by atoms with Crippen molar-refractivity contribution in [1.82, 2.24) is 4.90 Å². The fourth-order valence-corrected chi connectivity index (χ4v) is 4.23. The third-order valence-corrected chi connectivity index (χ3v) is 5.48. The van der Waals surface area contributed by atoms with Gasteiger partial charge in [-0.3, -0.25) is 4.90 Å². The van der Waals surface area contributed by atoms with Gasteiger partial charge in [-0.25, -0.2) is 0 Å². The molecule has 5 nitrogen and oxygen atoms in total. The van der Waals surface area contributed by atoms with Crippen molar-refractivity contribution in [3.63, 3.8) is 0 Å². The molecule has 0 spiro atoms. The van der Waals surface area contributed by atoms with Crippen molar-refractivity contribution in [3.05, 3.63) is 34.9 Å². The van der Waals surface area contributed by atoms with Gasteiger partial charge in [0.1, 0.15) is 0 Å². The standard InChI is InChI=1S/C20H23NO4.BrH/c1-21-6-5-11-9-17(24-3)20(25-4)19-13-10-16(23-2)15(22)8-12(13)7-14(21)18(11)19;/h8-10,14,22H,5-7H2,1-4H3;1H/t14-;/m0./s1. The Labute approximate surface area is 164 Å². The Bertz CT molecular complexity index is 852. The zero-order valence-electron chi connectivity index (χ0n) is 15.5. The number of methoxy groups -OCH3 is 3. The van der Waals surface area contributed by atoms with E-state index in [1.54, 1.807) is 21.3 Å². The van der Waals surface area contributed by atoms with Gasteiger partial charge in [0.15, 0.2) is 23.0 Å². The number of benzene rings is 2. The molecule has 2 aromatic carbocycles. The Morgan fingerprint density at radius 3 is 2.38 bits per heavy atom. The molecule has 140 valence electrons. The molecule has 2 aliphatic rings. The van der Waals surface area contributed by atoms with E-state index in [0.717, 1.165) is 47.6 Å². The van der Waals surface area contributed by atoms with E-state index in [1.807, 2.05) is 12.1 Å². The normalized spacial score (nSPS) is 17.6. The van der Waals surface area contributed by atoms with E-state index < -0.39 is 0 Å². The second-order valence-corrected chi connectivity index (χ2v) is 6.69. The van der Waals surface area contributed by atoms with Crippen LogP contribution in [0.15, 0.2) is 18.2 Å². The van der Waals surface area contributed by atoms with Crippen LogP contribution in [0.5, 0.6) is 23.0 Å². The van der Waals surface area contributed by atoms with Crippen LogP contribution in [0.2, 0.25) is 0 Å². The monoisotopic (exact) mass is 421 g/mol. The topological polar surface area (TPSA) is 51.2 Å². The lowest BCUT2D eigenvalue weighted by atomic mass is 9.76. The van der Waals surface area contributed by atoms with Crippen molar-refractivity contribution >= 4 is 17.0 Å². The summed E-state index contributed by atoms with van der Waals surface area (Å²) in [6.45, 7) is 1.00. The van der Waals surface area contributed by atoms with Crippen molar-refractivity contribution in [2.75, 3.05) is 34.9 Å². The van der Waals surface area contributed by atoms with Crippen LogP contribution >= 0.6 is 17.0 Å². The first-order valence-electron chi connectivity index (χ1n) is 8.47. The number of aromatic hydroxyl groups is 1. The summed E-state index contributed by atoms with van der Waals surface area (Å²) in [7, 11) is 7.07. The Balaban J connectivity index is 0.00000196. The molecule has 1 atom stereocenters. The maximum Gasteiger partial charge on any atom is 0.168 e. The van der Waals surface area contributed by atoms with E-state index in [2.05, 4.69) is 18.0 Å². The number of hydrogen-bond acceptors (Lipinski definition) is 5. The van der Waals surface area contributed by atoms with Crippen LogP contribution in [-0.2, 0) is 12.8 Å². The molecule has 1 aliphatic carbocycles. The first-order valence-corrected chi connectivity index (χ1v) is 8.47. The number of halogens is 1. The summed E-state index contributed by atoms with van der Waals surface area (Å²) in [5.41, 5.74) is 5.84. The summed E-state index contributed by atoms with van der Waals surface area (Å²) in [5, 5.41) is 10.2. The lowest BCUT2D eigenvalue weighted by Gasteiger charge is -2.40. The molecule has 0 aromatic heterocycles. The molecule has 0 bridgehead atoms. The molecule has 1 heterocycles. The van der Waals surface area contributed by atoms with Crippen LogP contribution in [0.25, 0.3) is 11.1 Å². The molecule has 0 unspecified atom stereocenters. The molecular weight excluding hydrogens is 398 g/mol. The van der Waals surface area contributed by atoms with Gasteiger partial charge in [0, 0.05) is 18.2 Å². The van der Waals surface area contributed by atoms with E-state index in [9.17, 15) is 5.11 Å². The van der Waals surface area contributed by atoms with Crippen LogP contribution in [0.4, 0.5) is 0 Å². The van der Waals surface area contributed by atoms with E-state index >= 15 is 0 Å². The van der Waals surface area contributed by atoms with Crippen LogP contribution in [-0.4, -0.2) is 44.9 Å². The van der Waals surface area contributed by atoms with Crippen molar-refractivity contribution in [2.45, 2.75) is 18.9 Å². The van der Waals surface area contributed by atoms with Crippen molar-refractivity contribution in [1.29, 1.82) is 0 Å². The highest BCUT2D eigenvalue weighted by atomic mass is 79.9. The summed E-state index contributed by atoms with van der Waals surface area (Å²) < 4.78 is 16.7. The highest BCUT2D eigenvalue weighted by Crippen LogP contribution is 2.53. The average Bonchev–Trinajstić information content (AvgIpc) is 2.63. The van der Waals surface area contributed by atoms with Gasteiger partial charge in [0.2, 0.25) is 0 Å². The number of rotatable bonds is 3. The van der Waals surface area contributed by atoms with Gasteiger partial charge in [0.25, 0.3) is 0 Å². The number of nitrogens with zero attached hydrogens (tertiary/aromatic N) is 1. The molecule has 0 radical (unpaired) electrons. The smallest absolute Gasteiger partial charge is 0.168 e. The van der Waals surface area contributed by atoms with Gasteiger partial charge in [-0.1, -0.05) is 0 Å². The zero-order valence-corrected chi connectivity index (χ0v) is 17.2. The molecule has 2 aromatic rings. The second kappa shape index (κ2) is 7.00. The number of phenols is 1. The minimum absolute atomic E-state index is 0. The number of hydrogen-bond donors (Lipinski definition) is 1. The first kappa shape index (κ1) is 18.9. The molecular formula is C20H24BrNO4. The quantitative estimate of drug-likeness (QED) is 0.817. The van der Waals surface area contributed by atoms with Gasteiger partial charge in [-0.05, 0) is 60.3 Å². The third kappa shape index (κ3) is 2.63. The Kier molecular flexibility index (Phi) is 5.08. The van der Waals surface area contributed by atoms with Crippen LogP contribution in [0.1, 0.15) is 22.7 Å². The second-order valence-electron chi connectivity index (χ2n) is 6.69. The Morgan fingerprint density at radius 2 is 1.73 bits per heavy atom. The lowest BCUT2D eigenvalue weighted by molar-refractivity contribution is 0.226. The number of phenolic OH excluding ortho intramolecular Hbond substituents is 1. The molecule has 6 heteroatoms. The van der Waals surface area contributed by atoms with Gasteiger partial charge in [0.05, 0.1) is 21.3 Å². The van der Waals surface area contributed by atoms with Crippen LogP contribution in [0, 0.1) is 0 Å². The van der Waals surface area contributed by atoms with Crippen molar-refractivity contribution in [2.24, 2.45) is 0 Å². The minimum atomic E-state index is 0. The van der Waals surface area contributed by atoms with Crippen LogP contribution < -0.4 is 14.2 Å². The van der Waals surface area contributed by atoms with E-state index in [0.29, 0.717) is 5.75 Å². The Hall–Kier alpha value is -1.92. The van der Waals surface area contributed by atoms with Gasteiger partial charge >= 0.3 is 0 Å².